The van der Waals surface area contributed by atoms with Crippen molar-refractivity contribution >= 4 is 5.78 Å². The average Bonchev–Trinajstić information content (AvgIpc) is 2.75. The minimum Gasteiger partial charge on any atom is -0.507 e. The van der Waals surface area contributed by atoms with Crippen LogP contribution in [0.25, 0.3) is 0 Å². The number of ketones is 1. The van der Waals surface area contributed by atoms with Crippen molar-refractivity contribution in [1.82, 2.24) is 0 Å². The third-order valence-electron chi connectivity index (χ3n) is 6.27. The number of aliphatic hydroxyl groups is 1. The molecule has 0 bridgehead atoms. The van der Waals surface area contributed by atoms with E-state index in [9.17, 15) is 20.1 Å². The van der Waals surface area contributed by atoms with Crippen LogP contribution in [0.3, 0.4) is 0 Å². The Kier molecular flexibility index (Phi) is 7.65. The topological polar surface area (TPSA) is 87.0 Å². The Hall–Kier alpha value is -3.05. The summed E-state index contributed by atoms with van der Waals surface area (Å²) >= 11 is 0. The number of carbonyl (C=O) groups excluding carboxylic acids is 1. The van der Waals surface area contributed by atoms with Crippen LogP contribution in [-0.4, -0.2) is 32.8 Å². The van der Waals surface area contributed by atoms with E-state index in [1.807, 2.05) is 13.0 Å². The molecule has 0 fully saturated rings. The van der Waals surface area contributed by atoms with Crippen molar-refractivity contribution in [2.24, 2.45) is 0 Å². The summed E-state index contributed by atoms with van der Waals surface area (Å²) in [5.74, 6) is -0.770. The maximum atomic E-state index is 13.2. The van der Waals surface area contributed by atoms with Crippen molar-refractivity contribution in [2.45, 2.75) is 71.5 Å². The maximum absolute atomic E-state index is 13.2. The summed E-state index contributed by atoms with van der Waals surface area (Å²) in [5, 5.41) is 31.8. The van der Waals surface area contributed by atoms with Crippen LogP contribution in [0.5, 0.6) is 17.2 Å². The monoisotopic (exact) mass is 450 g/mol. The van der Waals surface area contributed by atoms with Crippen LogP contribution in [0.4, 0.5) is 0 Å². The zero-order chi connectivity index (χ0) is 24.2. The van der Waals surface area contributed by atoms with E-state index < -0.39 is 17.5 Å². The summed E-state index contributed by atoms with van der Waals surface area (Å²) in [6, 6.07) is 9.78. The molecule has 176 valence electrons. The molecule has 3 N–H and O–H groups in total. The molecule has 5 heteroatoms. The second kappa shape index (κ2) is 10.3. The van der Waals surface area contributed by atoms with Gasteiger partial charge >= 0.3 is 0 Å². The maximum Gasteiger partial charge on any atom is 0.200 e. The Labute approximate surface area is 196 Å². The predicted octanol–water partition coefficient (Wildman–Crippen LogP) is 5.86. The number of carbonyl (C=O) groups is 1. The standard InChI is InChI=1S/C28H34O5/c1-18(2)10-8-11-19(3)12-9-15-28(4)24(31)16-21-22(29)17-23(30)25(27(21)33-28)26(32)20-13-6-5-7-14-20/h5-7,10,12-14,17,24,29-31H,8-9,11,15-16H2,1-4H3/b19-12+/t24-,28-/m1/s1. The first-order chi connectivity index (χ1) is 15.6. The molecule has 2 aromatic rings. The highest BCUT2D eigenvalue weighted by molar-refractivity contribution is 6.13. The zero-order valence-corrected chi connectivity index (χ0v) is 19.9. The smallest absolute Gasteiger partial charge is 0.200 e. The quantitative estimate of drug-likeness (QED) is 0.347. The Morgan fingerprint density at radius 3 is 2.45 bits per heavy atom. The summed E-state index contributed by atoms with van der Waals surface area (Å²) in [7, 11) is 0. The van der Waals surface area contributed by atoms with Crippen molar-refractivity contribution in [3.05, 3.63) is 76.4 Å². The van der Waals surface area contributed by atoms with Gasteiger partial charge in [0.25, 0.3) is 0 Å². The molecule has 0 unspecified atom stereocenters. The Balaban J connectivity index is 1.86. The number of aliphatic hydroxyl groups excluding tert-OH is 1. The fourth-order valence-electron chi connectivity index (χ4n) is 4.16. The first-order valence-corrected chi connectivity index (χ1v) is 11.5. The lowest BCUT2D eigenvalue weighted by Gasteiger charge is -2.40. The summed E-state index contributed by atoms with van der Waals surface area (Å²) in [5.41, 5.74) is 2.38. The lowest BCUT2D eigenvalue weighted by molar-refractivity contribution is -0.0596. The molecule has 2 aromatic carbocycles. The average molecular weight is 451 g/mol. The van der Waals surface area contributed by atoms with Gasteiger partial charge in [-0.3, -0.25) is 4.79 Å². The molecule has 33 heavy (non-hydrogen) atoms. The molecule has 0 amide bonds. The van der Waals surface area contributed by atoms with Crippen molar-refractivity contribution in [3.8, 4) is 17.2 Å². The molecule has 1 aliphatic heterocycles. The third-order valence-corrected chi connectivity index (χ3v) is 6.27. The van der Waals surface area contributed by atoms with Crippen LogP contribution in [0.15, 0.2) is 59.7 Å². The van der Waals surface area contributed by atoms with Gasteiger partial charge in [-0.1, -0.05) is 53.6 Å². The highest BCUT2D eigenvalue weighted by Gasteiger charge is 2.43. The van der Waals surface area contributed by atoms with Crippen molar-refractivity contribution in [3.63, 3.8) is 0 Å². The number of allylic oxidation sites excluding steroid dienone is 4. The van der Waals surface area contributed by atoms with Gasteiger partial charge in [0, 0.05) is 23.6 Å². The second-order valence-electron chi connectivity index (χ2n) is 9.34. The number of rotatable bonds is 8. The van der Waals surface area contributed by atoms with Crippen molar-refractivity contribution in [1.29, 1.82) is 0 Å². The highest BCUT2D eigenvalue weighted by Crippen LogP contribution is 2.46. The van der Waals surface area contributed by atoms with Gasteiger partial charge in [0.1, 0.15) is 28.4 Å². The van der Waals surface area contributed by atoms with Gasteiger partial charge in [-0.25, -0.2) is 0 Å². The number of hydrogen-bond acceptors (Lipinski definition) is 5. The van der Waals surface area contributed by atoms with Gasteiger partial charge in [-0.05, 0) is 53.4 Å². The molecule has 2 atom stereocenters. The molecule has 3 rings (SSSR count). The van der Waals surface area contributed by atoms with Gasteiger partial charge in [0.05, 0.1) is 6.10 Å². The van der Waals surface area contributed by atoms with Crippen LogP contribution in [0.2, 0.25) is 0 Å². The van der Waals surface area contributed by atoms with Crippen LogP contribution < -0.4 is 4.74 Å². The second-order valence-corrected chi connectivity index (χ2v) is 9.34. The SMILES string of the molecule is CC(C)=CCC/C(C)=C/CC[C@@]1(C)Oc2c(c(O)cc(O)c2C(=O)c2ccccc2)C[C@H]1O. The number of aromatic hydroxyl groups is 2. The first-order valence-electron chi connectivity index (χ1n) is 11.5. The molecular weight excluding hydrogens is 416 g/mol. The molecule has 5 nitrogen and oxygen atoms in total. The van der Waals surface area contributed by atoms with Crippen molar-refractivity contribution in [2.75, 3.05) is 0 Å². The van der Waals surface area contributed by atoms with Crippen LogP contribution >= 0.6 is 0 Å². The van der Waals surface area contributed by atoms with Crippen molar-refractivity contribution < 1.29 is 24.9 Å². The Morgan fingerprint density at radius 1 is 1.09 bits per heavy atom. The van der Waals surface area contributed by atoms with E-state index in [0.29, 0.717) is 24.0 Å². The summed E-state index contributed by atoms with van der Waals surface area (Å²) in [4.78, 5) is 13.2. The number of phenolic OH excluding ortho intramolecular Hbond substituents is 2. The van der Waals surface area contributed by atoms with Gasteiger partial charge in [-0.15, -0.1) is 0 Å². The minimum absolute atomic E-state index is 0.0144. The normalized spacial score (nSPS) is 20.0. The zero-order valence-electron chi connectivity index (χ0n) is 19.9. The van der Waals surface area contributed by atoms with Crippen LogP contribution in [-0.2, 0) is 6.42 Å². The largest absolute Gasteiger partial charge is 0.507 e. The summed E-state index contributed by atoms with van der Waals surface area (Å²) in [6.45, 7) is 8.09. The van der Waals surface area contributed by atoms with Gasteiger partial charge < -0.3 is 20.1 Å². The summed E-state index contributed by atoms with van der Waals surface area (Å²) < 4.78 is 6.23. The van der Waals surface area contributed by atoms with E-state index in [1.54, 1.807) is 24.3 Å². The fourth-order valence-corrected chi connectivity index (χ4v) is 4.16. The molecule has 0 radical (unpaired) electrons. The van der Waals surface area contributed by atoms with E-state index in [1.165, 1.54) is 11.1 Å². The highest BCUT2D eigenvalue weighted by atomic mass is 16.5. The fraction of sp³-hybridized carbons (Fsp3) is 0.393. The molecule has 1 aliphatic rings. The van der Waals surface area contributed by atoms with Gasteiger partial charge in [0.15, 0.2) is 0 Å². The molecule has 0 spiro atoms. The molecule has 0 aromatic heterocycles. The molecular formula is C28H34O5. The van der Waals surface area contributed by atoms with Crippen LogP contribution in [0, 0.1) is 0 Å². The predicted molar refractivity (Wildman–Crippen MR) is 130 cm³/mol. The number of fused-ring (bicyclic) bond motifs is 1. The Bertz CT molecular complexity index is 1060. The molecule has 1 heterocycles. The summed E-state index contributed by atoms with van der Waals surface area (Å²) in [6.07, 6.45) is 6.86. The van der Waals surface area contributed by atoms with E-state index in [2.05, 4.69) is 32.9 Å². The molecule has 0 aliphatic carbocycles. The number of hydrogen-bond donors (Lipinski definition) is 3. The first kappa shape index (κ1) is 24.6. The van der Waals surface area contributed by atoms with Gasteiger partial charge in [0.2, 0.25) is 5.78 Å². The molecule has 0 saturated carbocycles. The Morgan fingerprint density at radius 2 is 1.79 bits per heavy atom. The number of phenols is 2. The van der Waals surface area contributed by atoms with Gasteiger partial charge in [-0.2, -0.15) is 0 Å². The van der Waals surface area contributed by atoms with E-state index in [-0.39, 0.29) is 29.2 Å². The minimum atomic E-state index is -0.963. The third kappa shape index (κ3) is 5.66. The number of benzene rings is 2. The van der Waals surface area contributed by atoms with E-state index >= 15 is 0 Å². The number of ether oxygens (including phenoxy) is 1. The van der Waals surface area contributed by atoms with Crippen LogP contribution in [0.1, 0.15) is 74.9 Å². The lowest BCUT2D eigenvalue weighted by Crippen LogP contribution is -2.49. The van der Waals surface area contributed by atoms with E-state index in [0.717, 1.165) is 18.9 Å². The molecule has 0 saturated heterocycles. The lowest BCUT2D eigenvalue weighted by atomic mass is 9.83. The van der Waals surface area contributed by atoms with E-state index in [4.69, 9.17) is 4.74 Å².